The molecule has 0 bridgehead atoms. The molecule has 1 amide bonds. The maximum absolute atomic E-state index is 12.7. The highest BCUT2D eigenvalue weighted by Crippen LogP contribution is 2.24. The summed E-state index contributed by atoms with van der Waals surface area (Å²) in [5.74, 6) is 0.249. The van der Waals surface area contributed by atoms with Crippen LogP contribution in [0.2, 0.25) is 0 Å². The van der Waals surface area contributed by atoms with Gasteiger partial charge in [-0.25, -0.2) is 0 Å². The van der Waals surface area contributed by atoms with Gasteiger partial charge in [0.2, 0.25) is 5.91 Å². The van der Waals surface area contributed by atoms with E-state index in [1.165, 1.54) is 16.8 Å². The Balaban J connectivity index is 1.58. The van der Waals surface area contributed by atoms with Gasteiger partial charge in [-0.3, -0.25) is 9.69 Å². The predicted octanol–water partition coefficient (Wildman–Crippen LogP) is 1.67. The monoisotopic (exact) mass is 331 g/mol. The fourth-order valence-corrected chi connectivity index (χ4v) is 3.63. The molecule has 24 heavy (non-hydrogen) atoms. The lowest BCUT2D eigenvalue weighted by atomic mass is 10.1. The zero-order valence-electron chi connectivity index (χ0n) is 15.1. The first-order chi connectivity index (χ1) is 11.6. The van der Waals surface area contributed by atoms with Gasteiger partial charge in [-0.05, 0) is 38.0 Å². The van der Waals surface area contributed by atoms with Gasteiger partial charge in [0, 0.05) is 45.0 Å². The van der Waals surface area contributed by atoms with Crippen LogP contribution < -0.4 is 4.90 Å². The highest BCUT2D eigenvalue weighted by Gasteiger charge is 2.29. The van der Waals surface area contributed by atoms with Crippen LogP contribution in [0.4, 0.5) is 5.69 Å². The second-order valence-corrected chi connectivity index (χ2v) is 6.86. The van der Waals surface area contributed by atoms with Crippen molar-refractivity contribution in [1.29, 1.82) is 0 Å². The van der Waals surface area contributed by atoms with Crippen molar-refractivity contribution in [2.45, 2.75) is 26.8 Å². The first-order valence-corrected chi connectivity index (χ1v) is 8.99. The first kappa shape index (κ1) is 17.2. The summed E-state index contributed by atoms with van der Waals surface area (Å²) in [4.78, 5) is 19.4. The summed E-state index contributed by atoms with van der Waals surface area (Å²) < 4.78 is 5.34. The van der Waals surface area contributed by atoms with Crippen molar-refractivity contribution in [2.24, 2.45) is 0 Å². The van der Waals surface area contributed by atoms with Gasteiger partial charge in [0.1, 0.15) is 0 Å². The third kappa shape index (κ3) is 3.57. The molecule has 0 N–H and O–H groups in total. The van der Waals surface area contributed by atoms with Crippen molar-refractivity contribution in [3.05, 3.63) is 29.3 Å². The summed E-state index contributed by atoms with van der Waals surface area (Å²) in [5.41, 5.74) is 4.04. The minimum absolute atomic E-state index is 0.0381. The summed E-state index contributed by atoms with van der Waals surface area (Å²) in [6, 6.07) is 6.47. The van der Waals surface area contributed by atoms with Crippen LogP contribution in [-0.2, 0) is 9.53 Å². The Morgan fingerprint density at radius 3 is 2.38 bits per heavy atom. The number of rotatable bonds is 3. The van der Waals surface area contributed by atoms with Gasteiger partial charge in [-0.15, -0.1) is 0 Å². The van der Waals surface area contributed by atoms with E-state index in [1.54, 1.807) is 0 Å². The van der Waals surface area contributed by atoms with Crippen molar-refractivity contribution in [2.75, 3.05) is 57.4 Å². The average molecular weight is 331 g/mol. The topological polar surface area (TPSA) is 36.0 Å². The zero-order chi connectivity index (χ0) is 17.1. The molecule has 2 aliphatic rings. The number of anilines is 1. The summed E-state index contributed by atoms with van der Waals surface area (Å²) in [6.45, 7) is 13.0. The van der Waals surface area contributed by atoms with Crippen LogP contribution in [0.15, 0.2) is 18.2 Å². The van der Waals surface area contributed by atoms with E-state index in [0.29, 0.717) is 13.2 Å². The van der Waals surface area contributed by atoms with Crippen LogP contribution >= 0.6 is 0 Å². The Morgan fingerprint density at radius 2 is 1.71 bits per heavy atom. The number of amides is 1. The molecule has 2 saturated heterocycles. The van der Waals surface area contributed by atoms with Crippen LogP contribution in [0.3, 0.4) is 0 Å². The van der Waals surface area contributed by atoms with Gasteiger partial charge in [0.15, 0.2) is 0 Å². The lowest BCUT2D eigenvalue weighted by molar-refractivity contribution is -0.140. The van der Waals surface area contributed by atoms with E-state index in [2.05, 4.69) is 41.8 Å². The lowest BCUT2D eigenvalue weighted by Gasteiger charge is -2.40. The molecule has 1 aromatic carbocycles. The third-order valence-electron chi connectivity index (χ3n) is 5.46. The predicted molar refractivity (Wildman–Crippen MR) is 96.6 cm³/mol. The fourth-order valence-electron chi connectivity index (χ4n) is 3.63. The Bertz CT molecular complexity index is 576. The van der Waals surface area contributed by atoms with Gasteiger partial charge >= 0.3 is 0 Å². The number of ether oxygens (including phenoxy) is 1. The molecule has 0 aromatic heterocycles. The van der Waals surface area contributed by atoms with E-state index in [1.807, 2.05) is 11.8 Å². The third-order valence-corrected chi connectivity index (χ3v) is 5.46. The molecule has 5 nitrogen and oxygen atoms in total. The number of carbonyl (C=O) groups excluding carboxylic acids is 1. The van der Waals surface area contributed by atoms with Crippen molar-refractivity contribution >= 4 is 11.6 Å². The summed E-state index contributed by atoms with van der Waals surface area (Å²) in [5, 5.41) is 0. The van der Waals surface area contributed by atoms with E-state index in [4.69, 9.17) is 4.74 Å². The van der Waals surface area contributed by atoms with Crippen LogP contribution in [0.25, 0.3) is 0 Å². The minimum Gasteiger partial charge on any atom is -0.378 e. The van der Waals surface area contributed by atoms with Gasteiger partial charge in [-0.2, -0.15) is 0 Å². The van der Waals surface area contributed by atoms with Gasteiger partial charge in [0.25, 0.3) is 0 Å². The summed E-state index contributed by atoms with van der Waals surface area (Å²) in [7, 11) is 0. The Morgan fingerprint density at radius 1 is 1.04 bits per heavy atom. The Hall–Kier alpha value is -1.59. The van der Waals surface area contributed by atoms with E-state index in [9.17, 15) is 4.79 Å². The SMILES string of the molecule is Cc1cccc(N2CCN(C(C)C(=O)N3CCOCC3)CC2)c1C. The smallest absolute Gasteiger partial charge is 0.239 e. The zero-order valence-corrected chi connectivity index (χ0v) is 15.1. The number of aryl methyl sites for hydroxylation is 1. The molecule has 0 aliphatic carbocycles. The van der Waals surface area contributed by atoms with Crippen molar-refractivity contribution in [1.82, 2.24) is 9.80 Å². The minimum atomic E-state index is -0.0381. The number of benzene rings is 1. The Kier molecular flexibility index (Phi) is 5.41. The molecular formula is C19H29N3O2. The van der Waals surface area contributed by atoms with Gasteiger partial charge < -0.3 is 14.5 Å². The summed E-state index contributed by atoms with van der Waals surface area (Å²) >= 11 is 0. The molecular weight excluding hydrogens is 302 g/mol. The molecule has 2 heterocycles. The van der Waals surface area contributed by atoms with E-state index >= 15 is 0 Å². The molecule has 5 heteroatoms. The number of carbonyl (C=O) groups is 1. The van der Waals surface area contributed by atoms with Crippen LogP contribution in [-0.4, -0.2) is 74.2 Å². The largest absolute Gasteiger partial charge is 0.378 e. The summed E-state index contributed by atoms with van der Waals surface area (Å²) in [6.07, 6.45) is 0. The van der Waals surface area contributed by atoms with E-state index in [-0.39, 0.29) is 11.9 Å². The fraction of sp³-hybridized carbons (Fsp3) is 0.632. The van der Waals surface area contributed by atoms with Crippen molar-refractivity contribution < 1.29 is 9.53 Å². The molecule has 1 aromatic rings. The molecule has 1 atom stereocenters. The standard InChI is InChI=1S/C19H29N3O2/c1-15-5-4-6-18(16(15)2)21-9-7-20(8-10-21)17(3)19(23)22-11-13-24-14-12-22/h4-6,17H,7-14H2,1-3H3. The van der Waals surface area contributed by atoms with Crippen LogP contribution in [0, 0.1) is 13.8 Å². The van der Waals surface area contributed by atoms with Crippen LogP contribution in [0.1, 0.15) is 18.1 Å². The first-order valence-electron chi connectivity index (χ1n) is 8.99. The number of hydrogen-bond donors (Lipinski definition) is 0. The number of hydrogen-bond acceptors (Lipinski definition) is 4. The Labute approximate surface area is 145 Å². The van der Waals surface area contributed by atoms with Crippen molar-refractivity contribution in [3.8, 4) is 0 Å². The highest BCUT2D eigenvalue weighted by molar-refractivity contribution is 5.81. The maximum atomic E-state index is 12.7. The van der Waals surface area contributed by atoms with Gasteiger partial charge in [0.05, 0.1) is 19.3 Å². The van der Waals surface area contributed by atoms with E-state index in [0.717, 1.165) is 39.3 Å². The molecule has 3 rings (SSSR count). The van der Waals surface area contributed by atoms with E-state index < -0.39 is 0 Å². The average Bonchev–Trinajstić information content (AvgIpc) is 2.64. The number of morpholine rings is 1. The molecule has 2 fully saturated rings. The van der Waals surface area contributed by atoms with Crippen LogP contribution in [0.5, 0.6) is 0 Å². The molecule has 1 unspecified atom stereocenters. The lowest BCUT2D eigenvalue weighted by Crippen LogP contribution is -2.56. The molecule has 2 aliphatic heterocycles. The second-order valence-electron chi connectivity index (χ2n) is 6.86. The van der Waals surface area contributed by atoms with Crippen molar-refractivity contribution in [3.63, 3.8) is 0 Å². The maximum Gasteiger partial charge on any atom is 0.239 e. The number of piperazine rings is 1. The number of nitrogens with zero attached hydrogens (tertiary/aromatic N) is 3. The quantitative estimate of drug-likeness (QED) is 0.844. The second kappa shape index (κ2) is 7.53. The molecule has 0 saturated carbocycles. The highest BCUT2D eigenvalue weighted by atomic mass is 16.5. The van der Waals surface area contributed by atoms with Gasteiger partial charge in [-0.1, -0.05) is 12.1 Å². The molecule has 0 spiro atoms. The molecule has 0 radical (unpaired) electrons. The normalized spacial score (nSPS) is 21.0. The molecule has 132 valence electrons.